The monoisotopic (exact) mass is 169 g/mol. The summed E-state index contributed by atoms with van der Waals surface area (Å²) in [6.07, 6.45) is 0.949. The zero-order valence-electron chi connectivity index (χ0n) is 7.62. The number of ether oxygens (including phenoxy) is 2. The lowest BCUT2D eigenvalue weighted by molar-refractivity contribution is 0.0221. The molecule has 1 aliphatic heterocycles. The summed E-state index contributed by atoms with van der Waals surface area (Å²) in [5.74, 6) is 0.386. The molecule has 0 amide bonds. The zero-order valence-corrected chi connectivity index (χ0v) is 7.62. The summed E-state index contributed by atoms with van der Waals surface area (Å²) < 4.78 is 10.5. The molecular formula is C9H15NO2. The second-order valence-electron chi connectivity index (χ2n) is 3.29. The Morgan fingerprint density at radius 3 is 3.08 bits per heavy atom. The summed E-state index contributed by atoms with van der Waals surface area (Å²) in [7, 11) is 1.67. The topological polar surface area (TPSA) is 42.2 Å². The molecule has 1 aliphatic rings. The lowest BCUT2D eigenvalue weighted by Gasteiger charge is -2.19. The first-order valence-corrected chi connectivity index (χ1v) is 4.29. The molecule has 0 aliphatic carbocycles. The fourth-order valence-corrected chi connectivity index (χ4v) is 1.67. The molecule has 1 fully saturated rings. The summed E-state index contributed by atoms with van der Waals surface area (Å²) in [4.78, 5) is 0. The van der Waals surface area contributed by atoms with Crippen molar-refractivity contribution in [2.75, 3.05) is 20.3 Å². The van der Waals surface area contributed by atoms with Crippen molar-refractivity contribution in [3.05, 3.63) is 0 Å². The van der Waals surface area contributed by atoms with Crippen LogP contribution in [0.2, 0.25) is 0 Å². The fourth-order valence-electron chi connectivity index (χ4n) is 1.67. The number of hydrogen-bond acceptors (Lipinski definition) is 3. The van der Waals surface area contributed by atoms with E-state index in [9.17, 15) is 0 Å². The predicted octanol–water partition coefficient (Wildman–Crippen LogP) is 1.20. The SMILES string of the molecule is COCC(C)C1OCCC1C#N. The first kappa shape index (κ1) is 9.50. The summed E-state index contributed by atoms with van der Waals surface area (Å²) in [6, 6.07) is 2.27. The molecule has 12 heavy (non-hydrogen) atoms. The molecule has 68 valence electrons. The van der Waals surface area contributed by atoms with Crippen molar-refractivity contribution >= 4 is 0 Å². The van der Waals surface area contributed by atoms with Crippen molar-refractivity contribution in [2.45, 2.75) is 19.4 Å². The van der Waals surface area contributed by atoms with Gasteiger partial charge in [-0.3, -0.25) is 0 Å². The molecule has 0 radical (unpaired) electrons. The van der Waals surface area contributed by atoms with Gasteiger partial charge >= 0.3 is 0 Å². The normalized spacial score (nSPS) is 31.4. The fraction of sp³-hybridized carbons (Fsp3) is 0.889. The van der Waals surface area contributed by atoms with Crippen LogP contribution in [0, 0.1) is 23.2 Å². The Balaban J connectivity index is 2.44. The Hall–Kier alpha value is -0.590. The van der Waals surface area contributed by atoms with Crippen molar-refractivity contribution in [1.82, 2.24) is 0 Å². The van der Waals surface area contributed by atoms with Crippen LogP contribution in [0.25, 0.3) is 0 Å². The average molecular weight is 169 g/mol. The minimum atomic E-state index is 0.0650. The summed E-state index contributed by atoms with van der Waals surface area (Å²) in [5, 5.41) is 8.78. The summed E-state index contributed by atoms with van der Waals surface area (Å²) in [5.41, 5.74) is 0. The Labute approximate surface area is 73.3 Å². The molecule has 3 unspecified atom stereocenters. The third kappa shape index (κ3) is 1.96. The maximum absolute atomic E-state index is 8.78. The number of methoxy groups -OCH3 is 1. The van der Waals surface area contributed by atoms with Gasteiger partial charge in [-0.2, -0.15) is 5.26 Å². The van der Waals surface area contributed by atoms with Crippen LogP contribution in [0.15, 0.2) is 0 Å². The average Bonchev–Trinajstić information content (AvgIpc) is 2.51. The van der Waals surface area contributed by atoms with E-state index in [0.29, 0.717) is 12.5 Å². The quantitative estimate of drug-likeness (QED) is 0.637. The van der Waals surface area contributed by atoms with Crippen LogP contribution >= 0.6 is 0 Å². The van der Waals surface area contributed by atoms with E-state index >= 15 is 0 Å². The van der Waals surface area contributed by atoms with Crippen LogP contribution in [0.3, 0.4) is 0 Å². The third-order valence-electron chi connectivity index (χ3n) is 2.29. The van der Waals surface area contributed by atoms with Gasteiger partial charge in [0, 0.05) is 19.6 Å². The van der Waals surface area contributed by atoms with Gasteiger partial charge in [0.25, 0.3) is 0 Å². The van der Waals surface area contributed by atoms with E-state index < -0.39 is 0 Å². The van der Waals surface area contributed by atoms with Crippen LogP contribution in [0.1, 0.15) is 13.3 Å². The second-order valence-corrected chi connectivity index (χ2v) is 3.29. The predicted molar refractivity (Wildman–Crippen MR) is 44.5 cm³/mol. The van der Waals surface area contributed by atoms with Gasteiger partial charge in [-0.15, -0.1) is 0 Å². The largest absolute Gasteiger partial charge is 0.384 e. The second kappa shape index (κ2) is 4.44. The van der Waals surface area contributed by atoms with E-state index in [1.54, 1.807) is 7.11 Å². The van der Waals surface area contributed by atoms with Crippen molar-refractivity contribution in [2.24, 2.45) is 11.8 Å². The molecule has 1 heterocycles. The minimum absolute atomic E-state index is 0.0650. The van der Waals surface area contributed by atoms with Gasteiger partial charge < -0.3 is 9.47 Å². The zero-order chi connectivity index (χ0) is 8.97. The van der Waals surface area contributed by atoms with Crippen LogP contribution in [-0.4, -0.2) is 26.4 Å². The Morgan fingerprint density at radius 1 is 1.75 bits per heavy atom. The van der Waals surface area contributed by atoms with E-state index in [1.165, 1.54) is 0 Å². The maximum Gasteiger partial charge on any atom is 0.0781 e. The van der Waals surface area contributed by atoms with E-state index in [4.69, 9.17) is 14.7 Å². The van der Waals surface area contributed by atoms with Crippen molar-refractivity contribution < 1.29 is 9.47 Å². The standard InChI is InChI=1S/C9H15NO2/c1-7(6-11-2)9-8(5-10)3-4-12-9/h7-9H,3-4,6H2,1-2H3. The lowest BCUT2D eigenvalue weighted by atomic mass is 9.94. The van der Waals surface area contributed by atoms with Crippen LogP contribution in [0.5, 0.6) is 0 Å². The van der Waals surface area contributed by atoms with Gasteiger partial charge in [0.2, 0.25) is 0 Å². The Bertz CT molecular complexity index is 176. The van der Waals surface area contributed by atoms with Gasteiger partial charge in [-0.25, -0.2) is 0 Å². The molecule has 0 aromatic carbocycles. The van der Waals surface area contributed by atoms with Gasteiger partial charge in [0.15, 0.2) is 0 Å². The molecule has 0 saturated carbocycles. The molecule has 1 saturated heterocycles. The summed E-state index contributed by atoms with van der Waals surface area (Å²) in [6.45, 7) is 3.45. The Kier molecular flexibility index (Phi) is 3.51. The van der Waals surface area contributed by atoms with E-state index in [-0.39, 0.29) is 12.0 Å². The molecule has 0 spiro atoms. The highest BCUT2D eigenvalue weighted by Gasteiger charge is 2.32. The van der Waals surface area contributed by atoms with Crippen LogP contribution in [0.4, 0.5) is 0 Å². The molecule has 3 atom stereocenters. The minimum Gasteiger partial charge on any atom is -0.384 e. The van der Waals surface area contributed by atoms with Gasteiger partial charge in [-0.05, 0) is 6.42 Å². The number of hydrogen-bond donors (Lipinski definition) is 0. The highest BCUT2D eigenvalue weighted by Crippen LogP contribution is 2.26. The van der Waals surface area contributed by atoms with Gasteiger partial charge in [0.1, 0.15) is 0 Å². The number of nitriles is 1. The van der Waals surface area contributed by atoms with E-state index in [2.05, 4.69) is 13.0 Å². The first-order chi connectivity index (χ1) is 5.79. The number of rotatable bonds is 3. The maximum atomic E-state index is 8.78. The first-order valence-electron chi connectivity index (χ1n) is 4.29. The molecule has 1 rings (SSSR count). The van der Waals surface area contributed by atoms with Gasteiger partial charge in [0.05, 0.1) is 24.7 Å². The molecular weight excluding hydrogens is 154 g/mol. The highest BCUT2D eigenvalue weighted by molar-refractivity contribution is 4.94. The van der Waals surface area contributed by atoms with E-state index in [1.807, 2.05) is 0 Å². The van der Waals surface area contributed by atoms with Crippen molar-refractivity contribution in [1.29, 1.82) is 5.26 Å². The molecule has 0 N–H and O–H groups in total. The lowest BCUT2D eigenvalue weighted by Crippen LogP contribution is -2.26. The van der Waals surface area contributed by atoms with Crippen LogP contribution < -0.4 is 0 Å². The highest BCUT2D eigenvalue weighted by atomic mass is 16.5. The van der Waals surface area contributed by atoms with Crippen molar-refractivity contribution in [3.8, 4) is 6.07 Å². The molecule has 0 aromatic heterocycles. The number of nitrogens with zero attached hydrogens (tertiary/aromatic N) is 1. The van der Waals surface area contributed by atoms with Crippen molar-refractivity contribution in [3.63, 3.8) is 0 Å². The smallest absolute Gasteiger partial charge is 0.0781 e. The molecule has 0 aromatic rings. The van der Waals surface area contributed by atoms with Gasteiger partial charge in [-0.1, -0.05) is 6.92 Å². The summed E-state index contributed by atoms with van der Waals surface area (Å²) >= 11 is 0. The molecule has 0 bridgehead atoms. The Morgan fingerprint density at radius 2 is 2.50 bits per heavy atom. The molecule has 3 heteroatoms. The van der Waals surface area contributed by atoms with E-state index in [0.717, 1.165) is 13.0 Å². The van der Waals surface area contributed by atoms with Crippen LogP contribution in [-0.2, 0) is 9.47 Å². The molecule has 3 nitrogen and oxygen atoms in total. The third-order valence-corrected chi connectivity index (χ3v) is 2.29.